The average molecular weight is 270 g/mol. The van der Waals surface area contributed by atoms with Gasteiger partial charge in [-0.15, -0.1) is 0 Å². The summed E-state index contributed by atoms with van der Waals surface area (Å²) in [6, 6.07) is 0. The molecule has 0 radical (unpaired) electrons. The van der Waals surface area contributed by atoms with Gasteiger partial charge in [0.25, 0.3) is 5.91 Å². The van der Waals surface area contributed by atoms with E-state index in [1.807, 2.05) is 13.8 Å². The predicted octanol–water partition coefficient (Wildman–Crippen LogP) is 0.242. The second-order valence-electron chi connectivity index (χ2n) is 4.71. The topological polar surface area (TPSA) is 113 Å². The Hall–Kier alpha value is -1.60. The molecule has 0 spiro atoms. The molecule has 1 amide bonds. The van der Waals surface area contributed by atoms with Crippen LogP contribution in [0.5, 0.6) is 0 Å². The van der Waals surface area contributed by atoms with Crippen LogP contribution in [0, 0.1) is 0 Å². The van der Waals surface area contributed by atoms with Crippen molar-refractivity contribution in [2.75, 3.05) is 26.0 Å². The molecular formula is C12H22N4O3. The number of nitrogens with two attached hydrogens (primary N) is 1. The van der Waals surface area contributed by atoms with Gasteiger partial charge in [-0.05, 0) is 12.3 Å². The lowest BCUT2D eigenvalue weighted by atomic mass is 10.1. The molecule has 0 saturated carbocycles. The number of nitrogen functional groups attached to an aromatic ring is 1. The third-order valence-corrected chi connectivity index (χ3v) is 2.75. The second kappa shape index (κ2) is 7.10. The van der Waals surface area contributed by atoms with Crippen molar-refractivity contribution in [1.29, 1.82) is 0 Å². The van der Waals surface area contributed by atoms with Gasteiger partial charge in [-0.1, -0.05) is 13.8 Å². The van der Waals surface area contributed by atoms with E-state index in [1.165, 1.54) is 7.11 Å². The minimum atomic E-state index is -0.590. The van der Waals surface area contributed by atoms with Crippen LogP contribution in [0.1, 0.15) is 42.4 Å². The van der Waals surface area contributed by atoms with Crippen LogP contribution in [0.3, 0.4) is 0 Å². The van der Waals surface area contributed by atoms with E-state index in [4.69, 9.17) is 10.5 Å². The van der Waals surface area contributed by atoms with Gasteiger partial charge >= 0.3 is 0 Å². The van der Waals surface area contributed by atoms with Crippen LogP contribution in [-0.4, -0.2) is 47.6 Å². The van der Waals surface area contributed by atoms with Crippen molar-refractivity contribution in [3.8, 4) is 0 Å². The highest BCUT2D eigenvalue weighted by Gasteiger charge is 2.18. The normalized spacial score (nSPS) is 12.7. The van der Waals surface area contributed by atoms with Crippen molar-refractivity contribution in [2.45, 2.75) is 32.3 Å². The van der Waals surface area contributed by atoms with E-state index in [9.17, 15) is 9.90 Å². The Morgan fingerprint density at radius 3 is 2.79 bits per heavy atom. The molecule has 1 atom stereocenters. The monoisotopic (exact) mass is 270 g/mol. The fraction of sp³-hybridized carbons (Fsp3) is 0.667. The lowest BCUT2D eigenvalue weighted by Crippen LogP contribution is -2.29. The van der Waals surface area contributed by atoms with Crippen LogP contribution in [0.4, 0.5) is 5.69 Å². The van der Waals surface area contributed by atoms with Crippen molar-refractivity contribution in [3.63, 3.8) is 0 Å². The van der Waals surface area contributed by atoms with Crippen LogP contribution in [0.25, 0.3) is 0 Å². The maximum atomic E-state index is 11.9. The third kappa shape index (κ3) is 4.22. The Bertz CT molecular complexity index is 417. The zero-order valence-electron chi connectivity index (χ0n) is 11.6. The first-order valence-corrected chi connectivity index (χ1v) is 6.26. The number of hydrogen-bond donors (Lipinski definition) is 4. The third-order valence-electron chi connectivity index (χ3n) is 2.75. The molecule has 5 N–H and O–H groups in total. The van der Waals surface area contributed by atoms with Crippen molar-refractivity contribution in [2.24, 2.45) is 0 Å². The van der Waals surface area contributed by atoms with E-state index in [0.29, 0.717) is 18.7 Å². The van der Waals surface area contributed by atoms with E-state index < -0.39 is 6.10 Å². The number of aliphatic hydroxyl groups excluding tert-OH is 1. The molecule has 0 aromatic carbocycles. The Labute approximate surface area is 112 Å². The van der Waals surface area contributed by atoms with E-state index in [2.05, 4.69) is 15.5 Å². The van der Waals surface area contributed by atoms with E-state index in [0.717, 1.165) is 5.69 Å². The van der Waals surface area contributed by atoms with E-state index >= 15 is 0 Å². The second-order valence-corrected chi connectivity index (χ2v) is 4.71. The molecule has 0 fully saturated rings. The number of anilines is 1. The van der Waals surface area contributed by atoms with Gasteiger partial charge in [0.2, 0.25) is 0 Å². The molecule has 0 bridgehead atoms. The first-order chi connectivity index (χ1) is 8.97. The van der Waals surface area contributed by atoms with Crippen LogP contribution in [0.15, 0.2) is 0 Å². The highest BCUT2D eigenvalue weighted by atomic mass is 16.5. The number of methoxy groups -OCH3 is 1. The van der Waals surface area contributed by atoms with Crippen molar-refractivity contribution in [3.05, 3.63) is 11.4 Å². The van der Waals surface area contributed by atoms with Gasteiger partial charge in [0, 0.05) is 13.7 Å². The summed E-state index contributed by atoms with van der Waals surface area (Å²) in [5, 5.41) is 18.8. The van der Waals surface area contributed by atoms with Gasteiger partial charge < -0.3 is 20.9 Å². The number of carbonyl (C=O) groups excluding carboxylic acids is 1. The summed E-state index contributed by atoms with van der Waals surface area (Å²) in [6.07, 6.45) is -0.172. The Morgan fingerprint density at radius 2 is 2.26 bits per heavy atom. The van der Waals surface area contributed by atoms with Crippen LogP contribution >= 0.6 is 0 Å². The molecule has 0 aliphatic carbocycles. The molecule has 108 valence electrons. The zero-order valence-corrected chi connectivity index (χ0v) is 11.6. The van der Waals surface area contributed by atoms with Crippen LogP contribution in [0.2, 0.25) is 0 Å². The summed E-state index contributed by atoms with van der Waals surface area (Å²) in [5.41, 5.74) is 7.19. The molecule has 19 heavy (non-hydrogen) atoms. The van der Waals surface area contributed by atoms with Gasteiger partial charge in [0.1, 0.15) is 0 Å². The number of aliphatic hydroxyl groups is 1. The number of nitrogens with one attached hydrogen (secondary N) is 2. The summed E-state index contributed by atoms with van der Waals surface area (Å²) in [6.45, 7) is 4.52. The number of rotatable bonds is 7. The van der Waals surface area contributed by atoms with E-state index in [-0.39, 0.29) is 24.1 Å². The number of amides is 1. The molecule has 0 aliphatic rings. The Kier molecular flexibility index (Phi) is 5.78. The first kappa shape index (κ1) is 15.5. The SMILES string of the molecule is COCC(O)CCNC(=O)c1n[nH]c(C(C)C)c1N. The Balaban J connectivity index is 2.50. The predicted molar refractivity (Wildman–Crippen MR) is 71.9 cm³/mol. The van der Waals surface area contributed by atoms with Gasteiger partial charge in [-0.3, -0.25) is 9.89 Å². The summed E-state index contributed by atoms with van der Waals surface area (Å²) >= 11 is 0. The van der Waals surface area contributed by atoms with Gasteiger partial charge in [-0.25, -0.2) is 0 Å². The molecule has 7 heteroatoms. The largest absolute Gasteiger partial charge is 0.395 e. The van der Waals surface area contributed by atoms with Crippen LogP contribution in [-0.2, 0) is 4.74 Å². The lowest BCUT2D eigenvalue weighted by Gasteiger charge is -2.09. The van der Waals surface area contributed by atoms with E-state index in [1.54, 1.807) is 0 Å². The highest BCUT2D eigenvalue weighted by molar-refractivity contribution is 5.97. The zero-order chi connectivity index (χ0) is 14.4. The number of nitrogens with zero attached hydrogens (tertiary/aromatic N) is 1. The van der Waals surface area contributed by atoms with Crippen molar-refractivity contribution in [1.82, 2.24) is 15.5 Å². The molecule has 1 aromatic heterocycles. The lowest BCUT2D eigenvalue weighted by molar-refractivity contribution is 0.0587. The standard InChI is InChI=1S/C12H22N4O3/c1-7(2)10-9(13)11(16-15-10)12(18)14-5-4-8(17)6-19-3/h7-8,17H,4-6,13H2,1-3H3,(H,14,18)(H,15,16). The number of aromatic nitrogens is 2. The number of ether oxygens (including phenoxy) is 1. The fourth-order valence-corrected chi connectivity index (χ4v) is 1.69. The minimum absolute atomic E-state index is 0.178. The smallest absolute Gasteiger partial charge is 0.273 e. The van der Waals surface area contributed by atoms with Crippen molar-refractivity contribution < 1.29 is 14.6 Å². The molecule has 1 heterocycles. The molecule has 1 rings (SSSR count). The molecule has 0 aliphatic heterocycles. The maximum absolute atomic E-state index is 11.9. The summed E-state index contributed by atoms with van der Waals surface area (Å²) < 4.78 is 4.79. The van der Waals surface area contributed by atoms with Gasteiger partial charge in [0.05, 0.1) is 24.1 Å². The molecular weight excluding hydrogens is 248 g/mol. The number of carbonyl (C=O) groups is 1. The Morgan fingerprint density at radius 1 is 1.58 bits per heavy atom. The molecule has 7 nitrogen and oxygen atoms in total. The summed E-state index contributed by atoms with van der Waals surface area (Å²) in [7, 11) is 1.51. The first-order valence-electron chi connectivity index (χ1n) is 6.26. The number of aromatic amines is 1. The van der Waals surface area contributed by atoms with Gasteiger partial charge in [-0.2, -0.15) is 5.10 Å². The molecule has 1 unspecified atom stereocenters. The minimum Gasteiger partial charge on any atom is -0.395 e. The fourth-order valence-electron chi connectivity index (χ4n) is 1.69. The van der Waals surface area contributed by atoms with Crippen molar-refractivity contribution >= 4 is 11.6 Å². The molecule has 0 saturated heterocycles. The highest BCUT2D eigenvalue weighted by Crippen LogP contribution is 2.21. The number of hydrogen-bond acceptors (Lipinski definition) is 5. The summed E-state index contributed by atoms with van der Waals surface area (Å²) in [4.78, 5) is 11.9. The number of H-pyrrole nitrogens is 1. The van der Waals surface area contributed by atoms with Crippen LogP contribution < -0.4 is 11.1 Å². The average Bonchev–Trinajstić information content (AvgIpc) is 2.71. The quantitative estimate of drug-likeness (QED) is 0.567. The maximum Gasteiger partial charge on any atom is 0.273 e. The molecule has 1 aromatic rings. The van der Waals surface area contributed by atoms with Gasteiger partial charge in [0.15, 0.2) is 5.69 Å². The summed E-state index contributed by atoms with van der Waals surface area (Å²) in [5.74, 6) is -0.164.